The first kappa shape index (κ1) is 12.9. The zero-order chi connectivity index (χ0) is 14.0. The van der Waals surface area contributed by atoms with Gasteiger partial charge in [0.2, 0.25) is 0 Å². The van der Waals surface area contributed by atoms with Crippen LogP contribution in [0.2, 0.25) is 0 Å². The van der Waals surface area contributed by atoms with E-state index in [9.17, 15) is 9.90 Å². The van der Waals surface area contributed by atoms with Crippen molar-refractivity contribution in [3.63, 3.8) is 0 Å². The Morgan fingerprint density at radius 1 is 0.950 bits per heavy atom. The lowest BCUT2D eigenvalue weighted by molar-refractivity contribution is -0.154. The van der Waals surface area contributed by atoms with Crippen molar-refractivity contribution < 1.29 is 9.90 Å². The van der Waals surface area contributed by atoms with Crippen LogP contribution in [0.3, 0.4) is 0 Å². The van der Waals surface area contributed by atoms with Crippen molar-refractivity contribution in [3.05, 3.63) is 60.2 Å². The van der Waals surface area contributed by atoms with Crippen molar-refractivity contribution in [3.8, 4) is 11.1 Å². The number of hydrogen-bond donors (Lipinski definition) is 1. The van der Waals surface area contributed by atoms with Crippen LogP contribution >= 0.6 is 0 Å². The number of rotatable bonds is 4. The molecular formula is C18H18O2. The van der Waals surface area contributed by atoms with Gasteiger partial charge < -0.3 is 5.11 Å². The molecule has 1 fully saturated rings. The molecule has 0 unspecified atom stereocenters. The maximum atomic E-state index is 11.4. The second-order valence-corrected chi connectivity index (χ2v) is 5.68. The van der Waals surface area contributed by atoms with E-state index in [1.54, 1.807) is 0 Å². The van der Waals surface area contributed by atoms with Crippen molar-refractivity contribution in [2.45, 2.75) is 25.7 Å². The Balaban J connectivity index is 1.78. The quantitative estimate of drug-likeness (QED) is 0.902. The first-order valence-electron chi connectivity index (χ1n) is 7.07. The average molecular weight is 266 g/mol. The van der Waals surface area contributed by atoms with Crippen molar-refractivity contribution in [2.75, 3.05) is 0 Å². The summed E-state index contributed by atoms with van der Waals surface area (Å²) in [6, 6.07) is 18.5. The molecule has 0 radical (unpaired) electrons. The van der Waals surface area contributed by atoms with E-state index in [4.69, 9.17) is 0 Å². The molecule has 0 aliphatic heterocycles. The average Bonchev–Trinajstić information content (AvgIpc) is 2.44. The number of carboxylic acids is 1. The van der Waals surface area contributed by atoms with Gasteiger partial charge in [-0.15, -0.1) is 0 Å². The molecule has 1 N–H and O–H groups in total. The minimum absolute atomic E-state index is 0.506. The van der Waals surface area contributed by atoms with E-state index in [0.717, 1.165) is 24.8 Å². The topological polar surface area (TPSA) is 37.3 Å². The van der Waals surface area contributed by atoms with Crippen LogP contribution in [0.4, 0.5) is 0 Å². The Bertz CT molecular complexity index is 595. The van der Waals surface area contributed by atoms with Gasteiger partial charge in [0.1, 0.15) is 0 Å². The van der Waals surface area contributed by atoms with Crippen molar-refractivity contribution in [1.29, 1.82) is 0 Å². The highest BCUT2D eigenvalue weighted by atomic mass is 16.4. The highest BCUT2D eigenvalue weighted by Crippen LogP contribution is 2.44. The molecule has 20 heavy (non-hydrogen) atoms. The Hall–Kier alpha value is -2.09. The van der Waals surface area contributed by atoms with Crippen LogP contribution in [0.1, 0.15) is 24.8 Å². The van der Waals surface area contributed by atoms with Gasteiger partial charge >= 0.3 is 5.97 Å². The van der Waals surface area contributed by atoms with Gasteiger partial charge in [0, 0.05) is 0 Å². The van der Waals surface area contributed by atoms with Gasteiger partial charge in [-0.25, -0.2) is 0 Å². The third-order valence-electron chi connectivity index (χ3n) is 4.37. The van der Waals surface area contributed by atoms with Crippen LogP contribution < -0.4 is 0 Å². The molecule has 3 rings (SSSR count). The summed E-state index contributed by atoms with van der Waals surface area (Å²) in [5.41, 5.74) is 2.98. The Morgan fingerprint density at radius 2 is 1.55 bits per heavy atom. The van der Waals surface area contributed by atoms with E-state index in [-0.39, 0.29) is 0 Å². The molecule has 1 saturated carbocycles. The van der Waals surface area contributed by atoms with E-state index in [0.29, 0.717) is 6.42 Å². The van der Waals surface area contributed by atoms with Crippen LogP contribution in [0.15, 0.2) is 54.6 Å². The molecule has 0 bridgehead atoms. The molecule has 1 aliphatic carbocycles. The highest BCUT2D eigenvalue weighted by molar-refractivity contribution is 5.76. The van der Waals surface area contributed by atoms with Crippen LogP contribution in [0.25, 0.3) is 11.1 Å². The van der Waals surface area contributed by atoms with Gasteiger partial charge in [0.15, 0.2) is 0 Å². The van der Waals surface area contributed by atoms with Crippen LogP contribution in [-0.4, -0.2) is 11.1 Å². The fraction of sp³-hybridized carbons (Fsp3) is 0.278. The highest BCUT2D eigenvalue weighted by Gasteiger charge is 2.44. The molecule has 0 spiro atoms. The van der Waals surface area contributed by atoms with E-state index in [1.807, 2.05) is 18.2 Å². The minimum Gasteiger partial charge on any atom is -0.481 e. The van der Waals surface area contributed by atoms with Gasteiger partial charge in [0.25, 0.3) is 0 Å². The zero-order valence-electron chi connectivity index (χ0n) is 11.4. The van der Waals surface area contributed by atoms with E-state index in [1.165, 1.54) is 11.1 Å². The number of carbonyl (C=O) groups is 1. The predicted molar refractivity (Wildman–Crippen MR) is 79.5 cm³/mol. The normalized spacial score (nSPS) is 16.4. The molecule has 0 atom stereocenters. The van der Waals surface area contributed by atoms with E-state index < -0.39 is 11.4 Å². The molecule has 2 heteroatoms. The van der Waals surface area contributed by atoms with E-state index >= 15 is 0 Å². The number of hydrogen-bond acceptors (Lipinski definition) is 1. The molecule has 0 saturated heterocycles. The summed E-state index contributed by atoms with van der Waals surface area (Å²) >= 11 is 0. The SMILES string of the molecule is O=C(O)C1(Cc2ccc(-c3ccccc3)cc2)CCC1. The Morgan fingerprint density at radius 3 is 2.05 bits per heavy atom. The number of carboxylic acid groups (broad SMARTS) is 1. The van der Waals surface area contributed by atoms with E-state index in [2.05, 4.69) is 36.4 Å². The standard InChI is InChI=1S/C18H18O2/c19-17(20)18(11-4-12-18)13-14-7-9-16(10-8-14)15-5-2-1-3-6-15/h1-3,5-10H,4,11-13H2,(H,19,20). The minimum atomic E-state index is -0.643. The second-order valence-electron chi connectivity index (χ2n) is 5.68. The molecule has 2 aromatic rings. The molecular weight excluding hydrogens is 248 g/mol. The van der Waals surface area contributed by atoms with Crippen LogP contribution in [0, 0.1) is 5.41 Å². The molecule has 0 heterocycles. The monoisotopic (exact) mass is 266 g/mol. The Labute approximate surface area is 119 Å². The fourth-order valence-electron chi connectivity index (χ4n) is 2.91. The first-order chi connectivity index (χ1) is 9.70. The zero-order valence-corrected chi connectivity index (χ0v) is 11.4. The maximum absolute atomic E-state index is 11.4. The third-order valence-corrected chi connectivity index (χ3v) is 4.37. The summed E-state index contributed by atoms with van der Waals surface area (Å²) in [5.74, 6) is -0.643. The number of aliphatic carboxylic acids is 1. The number of benzene rings is 2. The van der Waals surface area contributed by atoms with Crippen LogP contribution in [-0.2, 0) is 11.2 Å². The van der Waals surface area contributed by atoms with Crippen molar-refractivity contribution >= 4 is 5.97 Å². The molecule has 0 amide bonds. The van der Waals surface area contributed by atoms with Crippen LogP contribution in [0.5, 0.6) is 0 Å². The summed E-state index contributed by atoms with van der Waals surface area (Å²) in [6.45, 7) is 0. The smallest absolute Gasteiger partial charge is 0.309 e. The van der Waals surface area contributed by atoms with Crippen molar-refractivity contribution in [1.82, 2.24) is 0 Å². The lowest BCUT2D eigenvalue weighted by Crippen LogP contribution is -2.39. The first-order valence-corrected chi connectivity index (χ1v) is 7.07. The van der Waals surface area contributed by atoms with Gasteiger partial charge in [-0.3, -0.25) is 4.79 Å². The molecule has 2 nitrogen and oxygen atoms in total. The second kappa shape index (κ2) is 5.12. The van der Waals surface area contributed by atoms with Crippen molar-refractivity contribution in [2.24, 2.45) is 5.41 Å². The lowest BCUT2D eigenvalue weighted by atomic mass is 9.65. The summed E-state index contributed by atoms with van der Waals surface area (Å²) < 4.78 is 0. The summed E-state index contributed by atoms with van der Waals surface area (Å²) in [5, 5.41) is 9.38. The Kier molecular flexibility index (Phi) is 3.31. The summed E-state index contributed by atoms with van der Waals surface area (Å²) in [7, 11) is 0. The maximum Gasteiger partial charge on any atom is 0.309 e. The molecule has 102 valence electrons. The van der Waals surface area contributed by atoms with Gasteiger partial charge in [0.05, 0.1) is 5.41 Å². The van der Waals surface area contributed by atoms with Gasteiger partial charge in [-0.2, -0.15) is 0 Å². The van der Waals surface area contributed by atoms with Gasteiger partial charge in [-0.1, -0.05) is 61.0 Å². The largest absolute Gasteiger partial charge is 0.481 e. The lowest BCUT2D eigenvalue weighted by Gasteiger charge is -2.37. The van der Waals surface area contributed by atoms with Gasteiger partial charge in [-0.05, 0) is 36.0 Å². The summed E-state index contributed by atoms with van der Waals surface area (Å²) in [6.07, 6.45) is 3.30. The third kappa shape index (κ3) is 2.34. The predicted octanol–water partition coefficient (Wildman–Crippen LogP) is 4.15. The summed E-state index contributed by atoms with van der Waals surface area (Å²) in [4.78, 5) is 11.4. The molecule has 2 aromatic carbocycles. The molecule has 1 aliphatic rings. The fourth-order valence-corrected chi connectivity index (χ4v) is 2.91. The molecule has 0 aromatic heterocycles.